The standard InChI is InChI=1S/C16H12ClFN4S/c1-10-6-8-11(9-7-10)23-16-21-14(17)20-15(22-16)19-13-5-3-2-4-12(13)18/h2-9H,1H3,(H,19,20,21,22). The van der Waals surface area contributed by atoms with Crippen LogP contribution in [0.2, 0.25) is 5.28 Å². The first kappa shape index (κ1) is 15.7. The number of benzene rings is 2. The van der Waals surface area contributed by atoms with Gasteiger partial charge in [-0.25, -0.2) is 4.39 Å². The summed E-state index contributed by atoms with van der Waals surface area (Å²) < 4.78 is 13.7. The van der Waals surface area contributed by atoms with Crippen molar-refractivity contribution in [1.82, 2.24) is 15.0 Å². The Balaban J connectivity index is 1.84. The Morgan fingerprint density at radius 1 is 1.00 bits per heavy atom. The summed E-state index contributed by atoms with van der Waals surface area (Å²) in [5, 5.41) is 3.30. The number of rotatable bonds is 4. The molecule has 1 heterocycles. The van der Waals surface area contributed by atoms with E-state index in [2.05, 4.69) is 20.3 Å². The lowest BCUT2D eigenvalue weighted by Crippen LogP contribution is -2.02. The van der Waals surface area contributed by atoms with Crippen molar-refractivity contribution in [2.75, 3.05) is 5.32 Å². The van der Waals surface area contributed by atoms with E-state index in [9.17, 15) is 4.39 Å². The van der Waals surface area contributed by atoms with Crippen molar-refractivity contribution in [3.8, 4) is 0 Å². The maximum atomic E-state index is 13.7. The van der Waals surface area contributed by atoms with E-state index in [4.69, 9.17) is 11.6 Å². The van der Waals surface area contributed by atoms with Crippen molar-refractivity contribution >= 4 is 35.0 Å². The van der Waals surface area contributed by atoms with Crippen molar-refractivity contribution in [1.29, 1.82) is 0 Å². The molecule has 4 nitrogen and oxygen atoms in total. The topological polar surface area (TPSA) is 50.7 Å². The molecule has 0 atom stereocenters. The SMILES string of the molecule is Cc1ccc(Sc2nc(Cl)nc(Nc3ccccc3F)n2)cc1. The Morgan fingerprint density at radius 2 is 1.74 bits per heavy atom. The molecule has 1 N–H and O–H groups in total. The second kappa shape index (κ2) is 6.93. The normalized spacial score (nSPS) is 10.6. The average Bonchev–Trinajstić information content (AvgIpc) is 2.51. The van der Waals surface area contributed by atoms with Gasteiger partial charge < -0.3 is 5.32 Å². The summed E-state index contributed by atoms with van der Waals surface area (Å²) in [4.78, 5) is 13.3. The maximum Gasteiger partial charge on any atom is 0.232 e. The molecule has 2 aromatic carbocycles. The number of nitrogens with one attached hydrogen (secondary N) is 1. The van der Waals surface area contributed by atoms with E-state index in [-0.39, 0.29) is 16.9 Å². The fourth-order valence-electron chi connectivity index (χ4n) is 1.83. The highest BCUT2D eigenvalue weighted by Gasteiger charge is 2.09. The van der Waals surface area contributed by atoms with Gasteiger partial charge in [0.2, 0.25) is 11.2 Å². The number of aryl methyl sites for hydroxylation is 1. The summed E-state index contributed by atoms with van der Waals surface area (Å²) in [6.07, 6.45) is 0. The van der Waals surface area contributed by atoms with Gasteiger partial charge in [0, 0.05) is 4.90 Å². The lowest BCUT2D eigenvalue weighted by atomic mass is 10.2. The van der Waals surface area contributed by atoms with Crippen LogP contribution in [0.15, 0.2) is 58.6 Å². The molecular formula is C16H12ClFN4S. The zero-order chi connectivity index (χ0) is 16.2. The van der Waals surface area contributed by atoms with Gasteiger partial charge in [0.05, 0.1) is 5.69 Å². The van der Waals surface area contributed by atoms with Crippen LogP contribution in [-0.2, 0) is 0 Å². The van der Waals surface area contributed by atoms with E-state index in [0.717, 1.165) is 4.90 Å². The predicted octanol–water partition coefficient (Wildman–Crippen LogP) is 4.87. The Kier molecular flexibility index (Phi) is 4.73. The minimum absolute atomic E-state index is 0.0495. The second-order valence-corrected chi connectivity index (χ2v) is 6.11. The van der Waals surface area contributed by atoms with E-state index in [0.29, 0.717) is 5.16 Å². The summed E-state index contributed by atoms with van der Waals surface area (Å²) in [7, 11) is 0. The van der Waals surface area contributed by atoms with E-state index in [1.165, 1.54) is 23.4 Å². The van der Waals surface area contributed by atoms with Gasteiger partial charge in [-0.2, -0.15) is 15.0 Å². The molecule has 1 aromatic heterocycles. The van der Waals surface area contributed by atoms with E-state index >= 15 is 0 Å². The van der Waals surface area contributed by atoms with Crippen molar-refractivity contribution in [2.24, 2.45) is 0 Å². The number of hydrogen-bond donors (Lipinski definition) is 1. The third-order valence-corrected chi connectivity index (χ3v) is 3.98. The van der Waals surface area contributed by atoms with Crippen molar-refractivity contribution < 1.29 is 4.39 Å². The van der Waals surface area contributed by atoms with Crippen LogP contribution in [0, 0.1) is 12.7 Å². The molecule has 23 heavy (non-hydrogen) atoms. The smallest absolute Gasteiger partial charge is 0.232 e. The number of hydrogen-bond acceptors (Lipinski definition) is 5. The highest BCUT2D eigenvalue weighted by atomic mass is 35.5. The van der Waals surface area contributed by atoms with Crippen LogP contribution in [0.1, 0.15) is 5.56 Å². The van der Waals surface area contributed by atoms with E-state index < -0.39 is 5.82 Å². The summed E-state index contributed by atoms with van der Waals surface area (Å²) in [5.41, 5.74) is 1.45. The highest BCUT2D eigenvalue weighted by molar-refractivity contribution is 7.99. The zero-order valence-corrected chi connectivity index (χ0v) is 13.7. The molecule has 0 saturated carbocycles. The maximum absolute atomic E-state index is 13.7. The van der Waals surface area contributed by atoms with Gasteiger partial charge in [-0.15, -0.1) is 0 Å². The largest absolute Gasteiger partial charge is 0.322 e. The van der Waals surface area contributed by atoms with Crippen LogP contribution in [0.4, 0.5) is 16.0 Å². The quantitative estimate of drug-likeness (QED) is 0.730. The van der Waals surface area contributed by atoms with Crippen LogP contribution < -0.4 is 5.32 Å². The molecule has 0 amide bonds. The molecular weight excluding hydrogens is 335 g/mol. The van der Waals surface area contributed by atoms with Crippen molar-refractivity contribution in [3.05, 3.63) is 65.2 Å². The molecule has 116 valence electrons. The minimum Gasteiger partial charge on any atom is -0.322 e. The molecule has 3 rings (SSSR count). The lowest BCUT2D eigenvalue weighted by molar-refractivity contribution is 0.631. The van der Waals surface area contributed by atoms with Gasteiger partial charge in [-0.1, -0.05) is 29.8 Å². The van der Waals surface area contributed by atoms with Crippen LogP contribution in [-0.4, -0.2) is 15.0 Å². The first-order valence-electron chi connectivity index (χ1n) is 6.78. The molecule has 0 saturated heterocycles. The van der Waals surface area contributed by atoms with Crippen LogP contribution in [0.25, 0.3) is 0 Å². The van der Waals surface area contributed by atoms with Gasteiger partial charge in [0.25, 0.3) is 0 Å². The van der Waals surface area contributed by atoms with Gasteiger partial charge in [0.1, 0.15) is 5.82 Å². The van der Waals surface area contributed by atoms with Gasteiger partial charge in [0.15, 0.2) is 5.16 Å². The highest BCUT2D eigenvalue weighted by Crippen LogP contribution is 2.27. The molecule has 0 aliphatic carbocycles. The molecule has 0 unspecified atom stereocenters. The van der Waals surface area contributed by atoms with Crippen LogP contribution in [0.5, 0.6) is 0 Å². The first-order chi connectivity index (χ1) is 11.1. The molecule has 0 aliphatic rings. The molecule has 0 bridgehead atoms. The average molecular weight is 347 g/mol. The van der Waals surface area contributed by atoms with E-state index in [1.807, 2.05) is 31.2 Å². The third kappa shape index (κ3) is 4.18. The first-order valence-corrected chi connectivity index (χ1v) is 7.97. The van der Waals surface area contributed by atoms with Gasteiger partial charge in [-0.3, -0.25) is 0 Å². The van der Waals surface area contributed by atoms with E-state index in [1.54, 1.807) is 18.2 Å². The Morgan fingerprint density at radius 3 is 2.48 bits per heavy atom. The molecule has 0 aliphatic heterocycles. The Bertz CT molecular complexity index is 827. The fraction of sp³-hybridized carbons (Fsp3) is 0.0625. The monoisotopic (exact) mass is 346 g/mol. The van der Waals surface area contributed by atoms with Crippen LogP contribution in [0.3, 0.4) is 0 Å². The molecule has 0 spiro atoms. The minimum atomic E-state index is -0.392. The number of nitrogens with zero attached hydrogens (tertiary/aromatic N) is 3. The van der Waals surface area contributed by atoms with Crippen molar-refractivity contribution in [3.63, 3.8) is 0 Å². The third-order valence-electron chi connectivity index (χ3n) is 2.94. The van der Waals surface area contributed by atoms with Gasteiger partial charge in [-0.05, 0) is 54.6 Å². The lowest BCUT2D eigenvalue weighted by Gasteiger charge is -2.07. The zero-order valence-electron chi connectivity index (χ0n) is 12.1. The number of anilines is 2. The molecule has 0 radical (unpaired) electrons. The number of halogens is 2. The summed E-state index contributed by atoms with van der Waals surface area (Å²) >= 11 is 7.30. The van der Waals surface area contributed by atoms with Gasteiger partial charge >= 0.3 is 0 Å². The second-order valence-electron chi connectivity index (χ2n) is 4.73. The summed E-state index contributed by atoms with van der Waals surface area (Å²) in [6, 6.07) is 14.2. The Labute approximate surface area is 142 Å². The molecule has 7 heteroatoms. The summed E-state index contributed by atoms with van der Waals surface area (Å²) in [5.74, 6) is -0.193. The summed E-state index contributed by atoms with van der Waals surface area (Å²) in [6.45, 7) is 2.02. The number of para-hydroxylation sites is 1. The molecule has 3 aromatic rings. The van der Waals surface area contributed by atoms with Crippen LogP contribution >= 0.6 is 23.4 Å². The Hall–Kier alpha value is -2.18. The number of aromatic nitrogens is 3. The fourth-order valence-corrected chi connectivity index (χ4v) is 2.79. The molecule has 0 fully saturated rings. The predicted molar refractivity (Wildman–Crippen MR) is 89.8 cm³/mol. The van der Waals surface area contributed by atoms with Crippen molar-refractivity contribution in [2.45, 2.75) is 17.0 Å².